The number of aliphatic hydroxyl groups excluding tert-OH is 1. The van der Waals surface area contributed by atoms with E-state index in [1.807, 2.05) is 0 Å². The van der Waals surface area contributed by atoms with Crippen molar-refractivity contribution in [2.24, 2.45) is 23.7 Å². The van der Waals surface area contributed by atoms with E-state index in [-0.39, 0.29) is 25.7 Å². The van der Waals surface area contributed by atoms with Crippen LogP contribution >= 0.6 is 15.6 Å². The van der Waals surface area contributed by atoms with Gasteiger partial charge in [-0.3, -0.25) is 37.3 Å². The Morgan fingerprint density at radius 1 is 0.304 bits per heavy atom. The second-order valence-corrected chi connectivity index (χ2v) is 30.9. The summed E-state index contributed by atoms with van der Waals surface area (Å²) in [5.74, 6) is 0.903. The van der Waals surface area contributed by atoms with Crippen molar-refractivity contribution >= 4 is 39.5 Å². The summed E-state index contributed by atoms with van der Waals surface area (Å²) in [5.41, 5.74) is 0. The normalized spacial score (nSPS) is 14.5. The molecule has 0 aromatic heterocycles. The maximum Gasteiger partial charge on any atom is 0.472 e. The van der Waals surface area contributed by atoms with Gasteiger partial charge >= 0.3 is 39.5 Å². The number of ether oxygens (including phenoxy) is 4. The third kappa shape index (κ3) is 65.4. The lowest BCUT2D eigenvalue weighted by atomic mass is 9.99. The molecule has 546 valence electrons. The first-order chi connectivity index (χ1) is 44.1. The summed E-state index contributed by atoms with van der Waals surface area (Å²) >= 11 is 0. The zero-order valence-corrected chi connectivity index (χ0v) is 62.0. The van der Waals surface area contributed by atoms with Gasteiger partial charge in [0.1, 0.15) is 19.3 Å². The average molecular weight is 1350 g/mol. The highest BCUT2D eigenvalue weighted by molar-refractivity contribution is 7.47. The molecule has 0 aromatic rings. The van der Waals surface area contributed by atoms with Gasteiger partial charge in [-0.25, -0.2) is 9.13 Å². The van der Waals surface area contributed by atoms with Gasteiger partial charge in [-0.1, -0.05) is 312 Å². The Balaban J connectivity index is 5.25. The van der Waals surface area contributed by atoms with Crippen LogP contribution in [-0.2, 0) is 65.4 Å². The molecule has 0 heterocycles. The third-order valence-corrected chi connectivity index (χ3v) is 19.1. The number of unbranched alkanes of at least 4 members (excludes halogenated alkanes) is 35. The number of hydrogen-bond acceptors (Lipinski definition) is 15. The van der Waals surface area contributed by atoms with Crippen molar-refractivity contribution < 1.29 is 80.2 Å². The van der Waals surface area contributed by atoms with E-state index in [2.05, 4.69) is 55.4 Å². The van der Waals surface area contributed by atoms with Gasteiger partial charge in [0.05, 0.1) is 26.4 Å². The van der Waals surface area contributed by atoms with Gasteiger partial charge in [0.2, 0.25) is 0 Å². The maximum atomic E-state index is 13.1. The summed E-state index contributed by atoms with van der Waals surface area (Å²) in [4.78, 5) is 72.7. The summed E-state index contributed by atoms with van der Waals surface area (Å²) in [6.07, 6.45) is 45.8. The van der Waals surface area contributed by atoms with Crippen molar-refractivity contribution in [3.8, 4) is 0 Å². The molecule has 0 aliphatic carbocycles. The topological polar surface area (TPSA) is 237 Å². The molecular formula is C73H142O17P2. The van der Waals surface area contributed by atoms with Gasteiger partial charge in [-0.05, 0) is 49.4 Å². The van der Waals surface area contributed by atoms with E-state index in [1.165, 1.54) is 161 Å². The minimum Gasteiger partial charge on any atom is -0.462 e. The molecule has 0 bridgehead atoms. The second kappa shape index (κ2) is 62.6. The number of phosphoric ester groups is 2. The van der Waals surface area contributed by atoms with Gasteiger partial charge in [0, 0.05) is 25.7 Å². The SMILES string of the molecule is CCC(C)CCCCCCCCCCCCC(=O)O[C@H](COC(=O)CCCCCCCCCCCCCCC(C)C)COP(=O)(O)OC[C@@H](O)COP(=O)(O)OC[C@@H](COC(=O)CCCCCCCCC(C)C)OC(=O)CCCCCCCCCCCCCC(C)C. The molecule has 19 heteroatoms. The Bertz CT molecular complexity index is 1820. The fraction of sp³-hybridized carbons (Fsp3) is 0.945. The van der Waals surface area contributed by atoms with E-state index < -0.39 is 97.5 Å². The minimum absolute atomic E-state index is 0.105. The number of phosphoric acid groups is 2. The number of carbonyl (C=O) groups is 4. The molecule has 17 nitrogen and oxygen atoms in total. The number of aliphatic hydroxyl groups is 1. The van der Waals surface area contributed by atoms with Gasteiger partial charge in [-0.15, -0.1) is 0 Å². The lowest BCUT2D eigenvalue weighted by Crippen LogP contribution is -2.30. The van der Waals surface area contributed by atoms with Gasteiger partial charge in [-0.2, -0.15) is 0 Å². The molecule has 0 radical (unpaired) electrons. The van der Waals surface area contributed by atoms with Gasteiger partial charge < -0.3 is 33.8 Å². The van der Waals surface area contributed by atoms with Crippen LogP contribution in [0.2, 0.25) is 0 Å². The standard InChI is InChI=1S/C73H142O17P2/c1-9-66(8)52-44-36-27-21-17-18-24-30-40-48-56-73(78)89-68(59-83-70(75)53-45-37-28-22-15-11-10-13-19-25-33-41-49-63(2)3)61-87-91(79,80)85-57-67(74)58-86-92(81,82)88-62-69(60-84-71(76)54-46-38-32-31-35-43-51-65(6)7)90-72(77)55-47-39-29-23-16-12-14-20-26-34-42-50-64(4)5/h63-69,74H,9-62H2,1-8H3,(H,79,80)(H,81,82)/t66?,67-,68-,69-/m1/s1. The minimum atomic E-state index is -4.96. The predicted molar refractivity (Wildman–Crippen MR) is 372 cm³/mol. The van der Waals surface area contributed by atoms with E-state index in [0.29, 0.717) is 31.6 Å². The number of carbonyl (C=O) groups excluding carboxylic acids is 4. The molecule has 0 aliphatic rings. The molecule has 0 fully saturated rings. The van der Waals surface area contributed by atoms with Crippen LogP contribution in [0.3, 0.4) is 0 Å². The first-order valence-electron chi connectivity index (χ1n) is 37.7. The smallest absolute Gasteiger partial charge is 0.462 e. The molecule has 6 atom stereocenters. The second-order valence-electron chi connectivity index (χ2n) is 28.0. The van der Waals surface area contributed by atoms with E-state index >= 15 is 0 Å². The van der Waals surface area contributed by atoms with Crippen LogP contribution in [0.15, 0.2) is 0 Å². The highest BCUT2D eigenvalue weighted by atomic mass is 31.2. The van der Waals surface area contributed by atoms with Crippen LogP contribution in [0.1, 0.15) is 364 Å². The summed E-state index contributed by atoms with van der Waals surface area (Å²) in [7, 11) is -9.91. The Hall–Kier alpha value is -1.94. The molecule has 0 aromatic carbocycles. The lowest BCUT2D eigenvalue weighted by molar-refractivity contribution is -0.161. The van der Waals surface area contributed by atoms with Crippen LogP contribution < -0.4 is 0 Å². The third-order valence-electron chi connectivity index (χ3n) is 17.2. The first kappa shape index (κ1) is 90.1. The van der Waals surface area contributed by atoms with Gasteiger partial charge in [0.25, 0.3) is 0 Å². The van der Waals surface area contributed by atoms with Crippen LogP contribution in [-0.4, -0.2) is 96.7 Å². The molecule has 0 aliphatic heterocycles. The Morgan fingerprint density at radius 2 is 0.522 bits per heavy atom. The molecule has 3 N–H and O–H groups in total. The average Bonchev–Trinajstić information content (AvgIpc) is 2.84. The number of rotatable bonds is 70. The van der Waals surface area contributed by atoms with E-state index in [1.54, 1.807) is 0 Å². The van der Waals surface area contributed by atoms with Gasteiger partial charge in [0.15, 0.2) is 12.2 Å². The van der Waals surface area contributed by atoms with Crippen molar-refractivity contribution in [3.63, 3.8) is 0 Å². The quantitative estimate of drug-likeness (QED) is 0.0222. The molecular weight excluding hydrogens is 1210 g/mol. The summed E-state index contributed by atoms with van der Waals surface area (Å²) in [6, 6.07) is 0. The number of hydrogen-bond donors (Lipinski definition) is 3. The highest BCUT2D eigenvalue weighted by Gasteiger charge is 2.30. The molecule has 0 rings (SSSR count). The van der Waals surface area contributed by atoms with Crippen molar-refractivity contribution in [2.75, 3.05) is 39.6 Å². The fourth-order valence-electron chi connectivity index (χ4n) is 11.0. The van der Waals surface area contributed by atoms with Crippen molar-refractivity contribution in [1.29, 1.82) is 0 Å². The van der Waals surface area contributed by atoms with E-state index in [9.17, 15) is 43.2 Å². The van der Waals surface area contributed by atoms with Crippen LogP contribution in [0.4, 0.5) is 0 Å². The van der Waals surface area contributed by atoms with Crippen LogP contribution in [0.25, 0.3) is 0 Å². The molecule has 0 amide bonds. The maximum absolute atomic E-state index is 13.1. The lowest BCUT2D eigenvalue weighted by Gasteiger charge is -2.21. The number of esters is 4. The summed E-state index contributed by atoms with van der Waals surface area (Å²) < 4.78 is 68.4. The summed E-state index contributed by atoms with van der Waals surface area (Å²) in [5, 5.41) is 10.6. The molecule has 0 saturated carbocycles. The Morgan fingerprint density at radius 3 is 0.772 bits per heavy atom. The zero-order chi connectivity index (χ0) is 68.2. The van der Waals surface area contributed by atoms with Crippen molar-refractivity contribution in [3.05, 3.63) is 0 Å². The molecule has 92 heavy (non-hydrogen) atoms. The van der Waals surface area contributed by atoms with Crippen LogP contribution in [0.5, 0.6) is 0 Å². The molecule has 3 unspecified atom stereocenters. The molecule has 0 saturated heterocycles. The monoisotopic (exact) mass is 1350 g/mol. The predicted octanol–water partition coefficient (Wildman–Crippen LogP) is 20.9. The van der Waals surface area contributed by atoms with Crippen molar-refractivity contribution in [2.45, 2.75) is 382 Å². The summed E-state index contributed by atoms with van der Waals surface area (Å²) in [6.45, 7) is 14.1. The largest absolute Gasteiger partial charge is 0.472 e. The fourth-order valence-corrected chi connectivity index (χ4v) is 12.6. The van der Waals surface area contributed by atoms with E-state index in [4.69, 9.17) is 37.0 Å². The van der Waals surface area contributed by atoms with Crippen LogP contribution in [0, 0.1) is 23.7 Å². The first-order valence-corrected chi connectivity index (χ1v) is 40.7. The van der Waals surface area contributed by atoms with Crippen molar-refractivity contribution in [1.82, 2.24) is 0 Å². The highest BCUT2D eigenvalue weighted by Crippen LogP contribution is 2.45. The Kier molecular flexibility index (Phi) is 61.3. The Labute approximate surface area is 562 Å². The zero-order valence-electron chi connectivity index (χ0n) is 60.2. The van der Waals surface area contributed by atoms with E-state index in [0.717, 1.165) is 114 Å². The molecule has 0 spiro atoms.